The van der Waals surface area contributed by atoms with Crippen LogP contribution in [0.5, 0.6) is 0 Å². The molecule has 0 aliphatic carbocycles. The lowest BCUT2D eigenvalue weighted by atomic mass is 10.0. The van der Waals surface area contributed by atoms with Crippen LogP contribution in [0, 0.1) is 11.8 Å². The molecule has 31 heavy (non-hydrogen) atoms. The first kappa shape index (κ1) is 20.5. The van der Waals surface area contributed by atoms with Gasteiger partial charge in [0.1, 0.15) is 11.6 Å². The van der Waals surface area contributed by atoms with Gasteiger partial charge >= 0.3 is 0 Å². The van der Waals surface area contributed by atoms with Crippen molar-refractivity contribution in [1.29, 1.82) is 0 Å². The van der Waals surface area contributed by atoms with Gasteiger partial charge in [-0.05, 0) is 43.9 Å². The number of pyridine rings is 1. The van der Waals surface area contributed by atoms with Crippen molar-refractivity contribution < 1.29 is 9.47 Å². The van der Waals surface area contributed by atoms with Crippen molar-refractivity contribution in [3.8, 4) is 11.3 Å². The number of nitrogens with one attached hydrogen (secondary N) is 3. The molecule has 0 aromatic carbocycles. The minimum absolute atomic E-state index is 0.167. The van der Waals surface area contributed by atoms with Crippen LogP contribution in [0.3, 0.4) is 0 Å². The molecule has 3 aliphatic heterocycles. The summed E-state index contributed by atoms with van der Waals surface area (Å²) in [6.07, 6.45) is 8.60. The number of aromatic nitrogens is 3. The highest BCUT2D eigenvalue weighted by atomic mass is 35.5. The Balaban J connectivity index is 1.24. The number of rotatable bonds is 7. The van der Waals surface area contributed by atoms with Crippen LogP contribution in [0.1, 0.15) is 19.3 Å². The second kappa shape index (κ2) is 9.38. The van der Waals surface area contributed by atoms with Crippen LogP contribution in [0.4, 0.5) is 11.8 Å². The van der Waals surface area contributed by atoms with Crippen LogP contribution < -0.4 is 16.0 Å². The van der Waals surface area contributed by atoms with Gasteiger partial charge in [-0.25, -0.2) is 15.0 Å². The zero-order valence-corrected chi connectivity index (χ0v) is 18.1. The summed E-state index contributed by atoms with van der Waals surface area (Å²) in [5.41, 5.74) is 1.56. The SMILES string of the molecule is Clc1cnc(NC2C=C(C3CCNC3)O2)cc1-c1ccnc(NCC2CCOCC2)n1. The molecule has 3 N–H and O–H groups in total. The summed E-state index contributed by atoms with van der Waals surface area (Å²) in [5, 5.41) is 10.6. The summed E-state index contributed by atoms with van der Waals surface area (Å²) in [7, 11) is 0. The number of anilines is 2. The second-order valence-corrected chi connectivity index (χ2v) is 8.60. The van der Waals surface area contributed by atoms with Gasteiger partial charge in [-0.2, -0.15) is 0 Å². The number of hydrogen-bond donors (Lipinski definition) is 3. The molecule has 2 aromatic rings. The van der Waals surface area contributed by atoms with Crippen LogP contribution in [0.25, 0.3) is 11.3 Å². The second-order valence-electron chi connectivity index (χ2n) is 8.19. The van der Waals surface area contributed by atoms with Crippen LogP contribution in [-0.4, -0.2) is 54.0 Å². The molecular weight excluding hydrogens is 416 g/mol. The fourth-order valence-electron chi connectivity index (χ4n) is 4.14. The summed E-state index contributed by atoms with van der Waals surface area (Å²) < 4.78 is 11.3. The molecular formula is C22H27ClN6O2. The van der Waals surface area contributed by atoms with E-state index in [-0.39, 0.29) is 6.23 Å². The maximum Gasteiger partial charge on any atom is 0.223 e. The number of hydrogen-bond acceptors (Lipinski definition) is 8. The van der Waals surface area contributed by atoms with E-state index in [4.69, 9.17) is 21.1 Å². The van der Waals surface area contributed by atoms with E-state index in [1.54, 1.807) is 12.4 Å². The number of ether oxygens (including phenoxy) is 2. The van der Waals surface area contributed by atoms with Crippen molar-refractivity contribution in [2.24, 2.45) is 11.8 Å². The van der Waals surface area contributed by atoms with Crippen molar-refractivity contribution in [2.75, 3.05) is 43.5 Å². The number of halogens is 1. The lowest BCUT2D eigenvalue weighted by Crippen LogP contribution is -2.32. The molecule has 2 atom stereocenters. The maximum atomic E-state index is 6.44. The van der Waals surface area contributed by atoms with Gasteiger partial charge in [0.2, 0.25) is 5.95 Å². The normalized spacial score (nSPS) is 23.6. The van der Waals surface area contributed by atoms with E-state index in [1.807, 2.05) is 12.1 Å². The molecule has 0 radical (unpaired) electrons. The minimum atomic E-state index is -0.167. The molecule has 164 valence electrons. The Morgan fingerprint density at radius 1 is 1.19 bits per heavy atom. The van der Waals surface area contributed by atoms with Gasteiger partial charge in [0, 0.05) is 56.3 Å². The largest absolute Gasteiger partial charge is 0.471 e. The highest BCUT2D eigenvalue weighted by Crippen LogP contribution is 2.32. The fraction of sp³-hybridized carbons (Fsp3) is 0.500. The third kappa shape index (κ3) is 4.92. The number of nitrogens with zero attached hydrogens (tertiary/aromatic N) is 3. The molecule has 5 rings (SSSR count). The average Bonchev–Trinajstić information content (AvgIpc) is 3.31. The van der Waals surface area contributed by atoms with Gasteiger partial charge < -0.3 is 25.4 Å². The highest BCUT2D eigenvalue weighted by molar-refractivity contribution is 6.33. The van der Waals surface area contributed by atoms with Crippen molar-refractivity contribution in [1.82, 2.24) is 20.3 Å². The molecule has 9 heteroatoms. The zero-order chi connectivity index (χ0) is 21.0. The third-order valence-corrected chi connectivity index (χ3v) is 6.31. The maximum absolute atomic E-state index is 6.44. The van der Waals surface area contributed by atoms with Crippen LogP contribution >= 0.6 is 11.6 Å². The summed E-state index contributed by atoms with van der Waals surface area (Å²) in [5.74, 6) is 3.43. The van der Waals surface area contributed by atoms with E-state index in [0.29, 0.717) is 28.6 Å². The summed E-state index contributed by atoms with van der Waals surface area (Å²) >= 11 is 6.44. The summed E-state index contributed by atoms with van der Waals surface area (Å²) in [4.78, 5) is 13.4. The highest BCUT2D eigenvalue weighted by Gasteiger charge is 2.29. The van der Waals surface area contributed by atoms with Gasteiger partial charge in [0.25, 0.3) is 0 Å². The molecule has 2 unspecified atom stereocenters. The monoisotopic (exact) mass is 442 g/mol. The molecule has 0 amide bonds. The van der Waals surface area contributed by atoms with Crippen LogP contribution in [0.2, 0.25) is 5.02 Å². The molecule has 5 heterocycles. The molecule has 2 aromatic heterocycles. The first-order valence-electron chi connectivity index (χ1n) is 10.9. The van der Waals surface area contributed by atoms with Crippen molar-refractivity contribution in [3.05, 3.63) is 41.4 Å². The van der Waals surface area contributed by atoms with Gasteiger partial charge in [-0.3, -0.25) is 0 Å². The van der Waals surface area contributed by atoms with E-state index in [9.17, 15) is 0 Å². The predicted molar refractivity (Wildman–Crippen MR) is 120 cm³/mol. The summed E-state index contributed by atoms with van der Waals surface area (Å²) in [6, 6.07) is 3.76. The predicted octanol–water partition coefficient (Wildman–Crippen LogP) is 3.29. The molecule has 3 aliphatic rings. The van der Waals surface area contributed by atoms with Crippen molar-refractivity contribution >= 4 is 23.4 Å². The van der Waals surface area contributed by atoms with E-state index in [2.05, 4.69) is 37.0 Å². The van der Waals surface area contributed by atoms with Gasteiger partial charge in [0.05, 0.1) is 10.7 Å². The van der Waals surface area contributed by atoms with Crippen LogP contribution in [-0.2, 0) is 9.47 Å². The van der Waals surface area contributed by atoms with Crippen LogP contribution in [0.15, 0.2) is 36.4 Å². The zero-order valence-electron chi connectivity index (χ0n) is 17.3. The van der Waals surface area contributed by atoms with E-state index in [1.165, 1.54) is 0 Å². The molecule has 2 saturated heterocycles. The average molecular weight is 443 g/mol. The molecule has 0 bridgehead atoms. The van der Waals surface area contributed by atoms with Gasteiger partial charge in [-0.15, -0.1) is 0 Å². The molecule has 0 saturated carbocycles. The lowest BCUT2D eigenvalue weighted by molar-refractivity contribution is 0.0699. The Morgan fingerprint density at radius 2 is 2.06 bits per heavy atom. The Labute approximate surface area is 186 Å². The van der Waals surface area contributed by atoms with E-state index in [0.717, 1.165) is 69.1 Å². The first-order valence-corrected chi connectivity index (χ1v) is 11.3. The lowest BCUT2D eigenvalue weighted by Gasteiger charge is -2.31. The smallest absolute Gasteiger partial charge is 0.223 e. The topological polar surface area (TPSA) is 93.2 Å². The Hall–Kier alpha value is -2.42. The fourth-order valence-corrected chi connectivity index (χ4v) is 4.34. The Bertz CT molecular complexity index is 943. The molecule has 2 fully saturated rings. The quantitative estimate of drug-likeness (QED) is 0.601. The standard InChI is InChI=1S/C22H27ClN6O2/c23-17-13-26-20(29-21-10-19(31-21)15-1-5-24-12-15)9-16(17)18-2-6-25-22(28-18)27-11-14-3-7-30-8-4-14/h2,6,9-10,13-15,21,24H,1,3-5,7-8,11-12H2,(H,26,29)(H,25,27,28). The van der Waals surface area contributed by atoms with E-state index >= 15 is 0 Å². The van der Waals surface area contributed by atoms with Gasteiger partial charge in [-0.1, -0.05) is 11.6 Å². The van der Waals surface area contributed by atoms with Crippen molar-refractivity contribution in [3.63, 3.8) is 0 Å². The summed E-state index contributed by atoms with van der Waals surface area (Å²) in [6.45, 7) is 4.54. The van der Waals surface area contributed by atoms with Crippen molar-refractivity contribution in [2.45, 2.75) is 25.5 Å². The Kier molecular flexibility index (Phi) is 6.20. The Morgan fingerprint density at radius 3 is 2.87 bits per heavy atom. The van der Waals surface area contributed by atoms with E-state index < -0.39 is 0 Å². The van der Waals surface area contributed by atoms with Gasteiger partial charge in [0.15, 0.2) is 6.23 Å². The minimum Gasteiger partial charge on any atom is -0.471 e. The third-order valence-electron chi connectivity index (χ3n) is 6.01. The molecule has 8 nitrogen and oxygen atoms in total. The molecule has 0 spiro atoms. The first-order chi connectivity index (χ1) is 15.2.